The van der Waals surface area contributed by atoms with Crippen molar-refractivity contribution in [1.82, 2.24) is 9.80 Å². The number of hydrogen-bond acceptors (Lipinski definition) is 6. The van der Waals surface area contributed by atoms with Crippen molar-refractivity contribution in [1.29, 1.82) is 5.26 Å². The standard InChI is InChI=1S/C29H30N4O3/c1-35-26-14-13-25(19-27(26)36-2)31-21-24(20-30)29(34)33-17-15-32(16-18-33)28(22-9-5-3-6-10-22)23-11-7-4-8-12-23/h3-14,19,21,28,31H,15-18H2,1-2H3/b24-21-. The molecular formula is C29H30N4O3. The Kier molecular flexibility index (Phi) is 8.22. The maximum Gasteiger partial charge on any atom is 0.266 e. The first-order valence-electron chi connectivity index (χ1n) is 11.9. The van der Waals surface area contributed by atoms with Gasteiger partial charge in [-0.05, 0) is 23.3 Å². The highest BCUT2D eigenvalue weighted by molar-refractivity contribution is 5.97. The second kappa shape index (κ2) is 11.9. The summed E-state index contributed by atoms with van der Waals surface area (Å²) in [5.74, 6) is 0.884. The number of hydrogen-bond donors (Lipinski definition) is 1. The molecule has 0 saturated carbocycles. The van der Waals surface area contributed by atoms with Crippen LogP contribution < -0.4 is 14.8 Å². The van der Waals surface area contributed by atoms with Crippen LogP contribution in [0.15, 0.2) is 90.6 Å². The molecule has 0 bridgehead atoms. The van der Waals surface area contributed by atoms with E-state index in [0.717, 1.165) is 0 Å². The number of amides is 1. The molecule has 36 heavy (non-hydrogen) atoms. The summed E-state index contributed by atoms with van der Waals surface area (Å²) < 4.78 is 10.6. The van der Waals surface area contributed by atoms with Gasteiger partial charge in [0.1, 0.15) is 11.6 Å². The third kappa shape index (κ3) is 5.68. The first-order valence-corrected chi connectivity index (χ1v) is 11.9. The number of benzene rings is 3. The van der Waals surface area contributed by atoms with Crippen LogP contribution in [0.3, 0.4) is 0 Å². The molecule has 1 aliphatic heterocycles. The van der Waals surface area contributed by atoms with Gasteiger partial charge in [0.05, 0.1) is 20.3 Å². The second-order valence-electron chi connectivity index (χ2n) is 8.44. The molecule has 3 aromatic rings. The van der Waals surface area contributed by atoms with Gasteiger partial charge in [-0.3, -0.25) is 9.69 Å². The van der Waals surface area contributed by atoms with Gasteiger partial charge in [0.25, 0.3) is 5.91 Å². The Morgan fingerprint density at radius 1 is 0.889 bits per heavy atom. The van der Waals surface area contributed by atoms with E-state index in [1.807, 2.05) is 18.2 Å². The van der Waals surface area contributed by atoms with E-state index in [-0.39, 0.29) is 17.5 Å². The highest BCUT2D eigenvalue weighted by atomic mass is 16.5. The third-order valence-corrected chi connectivity index (χ3v) is 6.31. The van der Waals surface area contributed by atoms with Gasteiger partial charge in [0.15, 0.2) is 11.5 Å². The fourth-order valence-corrected chi connectivity index (χ4v) is 4.46. The van der Waals surface area contributed by atoms with Gasteiger partial charge in [-0.2, -0.15) is 5.26 Å². The number of carbonyl (C=O) groups excluding carboxylic acids is 1. The van der Waals surface area contributed by atoms with E-state index in [0.29, 0.717) is 43.4 Å². The van der Waals surface area contributed by atoms with E-state index in [1.165, 1.54) is 17.3 Å². The molecule has 1 heterocycles. The van der Waals surface area contributed by atoms with Gasteiger partial charge in [-0.25, -0.2) is 0 Å². The topological polar surface area (TPSA) is 77.8 Å². The van der Waals surface area contributed by atoms with Crippen LogP contribution in [-0.2, 0) is 4.79 Å². The highest BCUT2D eigenvalue weighted by Crippen LogP contribution is 2.31. The lowest BCUT2D eigenvalue weighted by Crippen LogP contribution is -2.50. The lowest BCUT2D eigenvalue weighted by molar-refractivity contribution is -0.128. The largest absolute Gasteiger partial charge is 0.493 e. The van der Waals surface area contributed by atoms with E-state index in [4.69, 9.17) is 9.47 Å². The summed E-state index contributed by atoms with van der Waals surface area (Å²) in [5.41, 5.74) is 3.19. The van der Waals surface area contributed by atoms with Crippen LogP contribution in [0.1, 0.15) is 17.2 Å². The zero-order chi connectivity index (χ0) is 25.3. The van der Waals surface area contributed by atoms with Crippen LogP contribution in [0.2, 0.25) is 0 Å². The summed E-state index contributed by atoms with van der Waals surface area (Å²) >= 11 is 0. The van der Waals surface area contributed by atoms with E-state index in [1.54, 1.807) is 37.3 Å². The summed E-state index contributed by atoms with van der Waals surface area (Å²) in [7, 11) is 3.13. The lowest BCUT2D eigenvalue weighted by atomic mass is 9.96. The van der Waals surface area contributed by atoms with Gasteiger partial charge in [-0.1, -0.05) is 60.7 Å². The Bertz CT molecular complexity index is 1190. The number of piperazine rings is 1. The molecule has 1 N–H and O–H groups in total. The van der Waals surface area contributed by atoms with Crippen LogP contribution in [0.5, 0.6) is 11.5 Å². The molecule has 1 aliphatic rings. The number of nitriles is 1. The molecular weight excluding hydrogens is 452 g/mol. The summed E-state index contributed by atoms with van der Waals surface area (Å²) in [4.78, 5) is 17.3. The maximum absolute atomic E-state index is 13.1. The van der Waals surface area contributed by atoms with E-state index < -0.39 is 0 Å². The summed E-state index contributed by atoms with van der Waals surface area (Å²) in [6, 6.07) is 28.3. The first-order chi connectivity index (χ1) is 17.6. The molecule has 1 saturated heterocycles. The zero-order valence-electron chi connectivity index (χ0n) is 20.6. The molecule has 7 nitrogen and oxygen atoms in total. The second-order valence-corrected chi connectivity index (χ2v) is 8.44. The monoisotopic (exact) mass is 482 g/mol. The Morgan fingerprint density at radius 2 is 1.47 bits per heavy atom. The molecule has 4 rings (SSSR count). The van der Waals surface area contributed by atoms with Crippen molar-refractivity contribution in [2.45, 2.75) is 6.04 Å². The molecule has 1 amide bonds. The Morgan fingerprint density at radius 3 is 2.00 bits per heavy atom. The van der Waals surface area contributed by atoms with Crippen molar-refractivity contribution in [3.8, 4) is 17.6 Å². The highest BCUT2D eigenvalue weighted by Gasteiger charge is 2.29. The first kappa shape index (κ1) is 24.8. The number of rotatable bonds is 8. The van der Waals surface area contributed by atoms with E-state index in [2.05, 4.69) is 58.7 Å². The predicted octanol–water partition coefficient (Wildman–Crippen LogP) is 4.46. The fourth-order valence-electron chi connectivity index (χ4n) is 4.46. The number of nitrogens with zero attached hydrogens (tertiary/aromatic N) is 3. The minimum absolute atomic E-state index is 0.0564. The molecule has 3 aromatic carbocycles. The Hall–Kier alpha value is -4.28. The molecule has 184 valence electrons. The van der Waals surface area contributed by atoms with E-state index in [9.17, 15) is 10.1 Å². The number of methoxy groups -OCH3 is 2. The quantitative estimate of drug-likeness (QED) is 0.377. The molecule has 0 radical (unpaired) electrons. The third-order valence-electron chi connectivity index (χ3n) is 6.31. The van der Waals surface area contributed by atoms with Gasteiger partial charge in [-0.15, -0.1) is 0 Å². The number of anilines is 1. The van der Waals surface area contributed by atoms with Gasteiger partial charge < -0.3 is 19.7 Å². The maximum atomic E-state index is 13.1. The molecule has 0 atom stereocenters. The smallest absolute Gasteiger partial charge is 0.266 e. The van der Waals surface area contributed by atoms with Crippen molar-refractivity contribution >= 4 is 11.6 Å². The van der Waals surface area contributed by atoms with Crippen LogP contribution in [0, 0.1) is 11.3 Å². The van der Waals surface area contributed by atoms with Crippen LogP contribution in [0.25, 0.3) is 0 Å². The summed E-state index contributed by atoms with van der Waals surface area (Å²) in [6.07, 6.45) is 1.45. The SMILES string of the molecule is COc1ccc(N/C=C(/C#N)C(=O)N2CCN(C(c3ccccc3)c3ccccc3)CC2)cc1OC. The fraction of sp³-hybridized carbons (Fsp3) is 0.241. The Labute approximate surface area is 212 Å². The summed E-state index contributed by atoms with van der Waals surface area (Å²) in [6.45, 7) is 2.51. The molecule has 1 fully saturated rings. The normalized spacial score (nSPS) is 14.3. The van der Waals surface area contributed by atoms with Crippen LogP contribution in [0.4, 0.5) is 5.69 Å². The minimum Gasteiger partial charge on any atom is -0.493 e. The minimum atomic E-state index is -0.277. The molecule has 0 aromatic heterocycles. The number of carbonyl (C=O) groups is 1. The molecule has 0 unspecified atom stereocenters. The number of ether oxygens (including phenoxy) is 2. The van der Waals surface area contributed by atoms with Crippen molar-refractivity contribution < 1.29 is 14.3 Å². The molecule has 0 spiro atoms. The van der Waals surface area contributed by atoms with Gasteiger partial charge >= 0.3 is 0 Å². The average molecular weight is 483 g/mol. The van der Waals surface area contributed by atoms with Crippen molar-refractivity contribution in [2.24, 2.45) is 0 Å². The van der Waals surface area contributed by atoms with Gasteiger partial charge in [0, 0.05) is 44.1 Å². The van der Waals surface area contributed by atoms with Crippen molar-refractivity contribution in [3.63, 3.8) is 0 Å². The predicted molar refractivity (Wildman–Crippen MR) is 140 cm³/mol. The molecule has 0 aliphatic carbocycles. The number of nitrogens with one attached hydrogen (secondary N) is 1. The van der Waals surface area contributed by atoms with Gasteiger partial charge in [0.2, 0.25) is 0 Å². The van der Waals surface area contributed by atoms with Crippen molar-refractivity contribution in [2.75, 3.05) is 45.7 Å². The summed E-state index contributed by atoms with van der Waals surface area (Å²) in [5, 5.41) is 12.7. The Balaban J connectivity index is 1.44. The molecule has 7 heteroatoms. The average Bonchev–Trinajstić information content (AvgIpc) is 2.95. The van der Waals surface area contributed by atoms with Crippen LogP contribution >= 0.6 is 0 Å². The lowest BCUT2D eigenvalue weighted by Gasteiger charge is -2.39. The van der Waals surface area contributed by atoms with E-state index >= 15 is 0 Å². The van der Waals surface area contributed by atoms with Crippen molar-refractivity contribution in [3.05, 3.63) is 102 Å². The zero-order valence-corrected chi connectivity index (χ0v) is 20.6. The van der Waals surface area contributed by atoms with Crippen LogP contribution in [-0.4, -0.2) is 56.1 Å².